The highest BCUT2D eigenvalue weighted by atomic mass is 35.5. The molecule has 6 heteroatoms. The lowest BCUT2D eigenvalue weighted by Crippen LogP contribution is -2.26. The third kappa shape index (κ3) is 4.25. The number of pyridine rings is 1. The van der Waals surface area contributed by atoms with E-state index in [0.29, 0.717) is 10.7 Å². The van der Waals surface area contributed by atoms with Crippen molar-refractivity contribution in [3.05, 3.63) is 44.6 Å². The molecule has 4 nitrogen and oxygen atoms in total. The largest absolute Gasteiger partial charge is 0.343 e. The lowest BCUT2D eigenvalue weighted by Gasteiger charge is -2.12. The van der Waals surface area contributed by atoms with Gasteiger partial charge in [0.2, 0.25) is 0 Å². The molecule has 0 saturated carbocycles. The van der Waals surface area contributed by atoms with Gasteiger partial charge in [-0.1, -0.05) is 24.9 Å². The number of thiazole rings is 1. The van der Waals surface area contributed by atoms with Crippen molar-refractivity contribution in [1.82, 2.24) is 15.3 Å². The van der Waals surface area contributed by atoms with Crippen LogP contribution in [0.25, 0.3) is 0 Å². The molecule has 2 aromatic rings. The Bertz CT molecular complexity index is 642. The van der Waals surface area contributed by atoms with Crippen molar-refractivity contribution >= 4 is 28.8 Å². The Hall–Kier alpha value is -1.46. The van der Waals surface area contributed by atoms with Gasteiger partial charge >= 0.3 is 0 Å². The number of carbonyl (C=O) groups is 1. The minimum Gasteiger partial charge on any atom is -0.343 e. The fourth-order valence-corrected chi connectivity index (χ4v) is 2.98. The molecule has 0 aliphatic carbocycles. The van der Waals surface area contributed by atoms with Crippen molar-refractivity contribution in [3.63, 3.8) is 0 Å². The van der Waals surface area contributed by atoms with Crippen LogP contribution in [0.3, 0.4) is 0 Å². The summed E-state index contributed by atoms with van der Waals surface area (Å²) in [5, 5.41) is 4.19. The molecule has 1 amide bonds. The molecule has 0 aliphatic heterocycles. The van der Waals surface area contributed by atoms with Crippen LogP contribution in [0.5, 0.6) is 0 Å². The molecule has 0 radical (unpaired) electrons. The minimum atomic E-state index is -0.156. The lowest BCUT2D eigenvalue weighted by atomic mass is 10.1. The first-order chi connectivity index (χ1) is 9.99. The standard InChI is InChI=1S/C15H18ClN3OS/c1-4-5-12-6-11(7-13(16)19-12)14(20)18-10(3)15-17-8-9(2)21-15/h6-8,10H,4-5H2,1-3H3,(H,18,20). The molecule has 1 unspecified atom stereocenters. The van der Waals surface area contributed by atoms with Crippen LogP contribution in [0.15, 0.2) is 18.3 Å². The molecule has 1 N–H and O–H groups in total. The van der Waals surface area contributed by atoms with E-state index in [4.69, 9.17) is 11.6 Å². The normalized spacial score (nSPS) is 12.2. The molecule has 0 spiro atoms. The summed E-state index contributed by atoms with van der Waals surface area (Å²) >= 11 is 7.57. The Kier molecular flexibility index (Phi) is 5.31. The fraction of sp³-hybridized carbons (Fsp3) is 0.400. The molecule has 0 aliphatic rings. The summed E-state index contributed by atoms with van der Waals surface area (Å²) in [6.45, 7) is 5.98. The maximum Gasteiger partial charge on any atom is 0.252 e. The van der Waals surface area contributed by atoms with E-state index in [1.54, 1.807) is 23.5 Å². The number of halogens is 1. The minimum absolute atomic E-state index is 0.127. The van der Waals surface area contributed by atoms with Crippen molar-refractivity contribution in [3.8, 4) is 0 Å². The molecular weight excluding hydrogens is 306 g/mol. The van der Waals surface area contributed by atoms with E-state index < -0.39 is 0 Å². The predicted molar refractivity (Wildman–Crippen MR) is 86.0 cm³/mol. The third-order valence-corrected chi connectivity index (χ3v) is 4.26. The highest BCUT2D eigenvalue weighted by Gasteiger charge is 2.15. The average Bonchev–Trinajstić information content (AvgIpc) is 2.85. The number of carbonyl (C=O) groups excluding carboxylic acids is 1. The second kappa shape index (κ2) is 7.00. The van der Waals surface area contributed by atoms with Gasteiger partial charge in [-0.25, -0.2) is 9.97 Å². The Morgan fingerprint density at radius 2 is 2.24 bits per heavy atom. The van der Waals surface area contributed by atoms with Gasteiger partial charge in [-0.3, -0.25) is 4.79 Å². The maximum absolute atomic E-state index is 12.3. The Morgan fingerprint density at radius 3 is 2.86 bits per heavy atom. The molecule has 0 aromatic carbocycles. The number of nitrogens with zero attached hydrogens (tertiary/aromatic N) is 2. The van der Waals surface area contributed by atoms with Crippen LogP contribution in [-0.4, -0.2) is 15.9 Å². The van der Waals surface area contributed by atoms with Gasteiger partial charge in [-0.15, -0.1) is 11.3 Å². The smallest absolute Gasteiger partial charge is 0.252 e. The lowest BCUT2D eigenvalue weighted by molar-refractivity contribution is 0.0939. The van der Waals surface area contributed by atoms with E-state index in [2.05, 4.69) is 22.2 Å². The van der Waals surface area contributed by atoms with Crippen molar-refractivity contribution in [2.75, 3.05) is 0 Å². The van der Waals surface area contributed by atoms with E-state index in [-0.39, 0.29) is 11.9 Å². The van der Waals surface area contributed by atoms with Gasteiger partial charge in [-0.2, -0.15) is 0 Å². The number of nitrogens with one attached hydrogen (secondary N) is 1. The van der Waals surface area contributed by atoms with E-state index in [1.165, 1.54) is 0 Å². The fourth-order valence-electron chi connectivity index (χ4n) is 1.98. The van der Waals surface area contributed by atoms with Crippen molar-refractivity contribution in [1.29, 1.82) is 0 Å². The molecular formula is C15H18ClN3OS. The van der Waals surface area contributed by atoms with E-state index in [0.717, 1.165) is 28.4 Å². The van der Waals surface area contributed by atoms with Crippen LogP contribution in [0.2, 0.25) is 5.15 Å². The average molecular weight is 324 g/mol. The number of hydrogen-bond donors (Lipinski definition) is 1. The summed E-state index contributed by atoms with van der Waals surface area (Å²) in [5.41, 5.74) is 1.38. The summed E-state index contributed by atoms with van der Waals surface area (Å²) in [7, 11) is 0. The van der Waals surface area contributed by atoms with Gasteiger partial charge in [0.1, 0.15) is 10.2 Å². The molecule has 2 heterocycles. The summed E-state index contributed by atoms with van der Waals surface area (Å²) in [6, 6.07) is 3.26. The summed E-state index contributed by atoms with van der Waals surface area (Å²) < 4.78 is 0. The summed E-state index contributed by atoms with van der Waals surface area (Å²) in [4.78, 5) is 22.0. The second-order valence-electron chi connectivity index (χ2n) is 4.92. The van der Waals surface area contributed by atoms with Crippen LogP contribution in [-0.2, 0) is 6.42 Å². The monoisotopic (exact) mass is 323 g/mol. The highest BCUT2D eigenvalue weighted by molar-refractivity contribution is 7.11. The van der Waals surface area contributed by atoms with E-state index in [9.17, 15) is 4.79 Å². The van der Waals surface area contributed by atoms with Crippen LogP contribution in [0.4, 0.5) is 0 Å². The Labute approximate surface area is 133 Å². The zero-order valence-electron chi connectivity index (χ0n) is 12.3. The zero-order valence-corrected chi connectivity index (χ0v) is 13.9. The predicted octanol–water partition coefficient (Wildman–Crippen LogP) is 3.94. The number of rotatable bonds is 5. The quantitative estimate of drug-likeness (QED) is 0.848. The molecule has 2 rings (SSSR count). The Balaban J connectivity index is 2.12. The zero-order chi connectivity index (χ0) is 15.4. The topological polar surface area (TPSA) is 54.9 Å². The van der Waals surface area contributed by atoms with Gasteiger partial charge in [0.25, 0.3) is 5.91 Å². The molecule has 21 heavy (non-hydrogen) atoms. The van der Waals surface area contributed by atoms with Gasteiger partial charge in [0.05, 0.1) is 6.04 Å². The number of aryl methyl sites for hydroxylation is 2. The third-order valence-electron chi connectivity index (χ3n) is 2.97. The van der Waals surface area contributed by atoms with Gasteiger partial charge in [0.15, 0.2) is 0 Å². The first-order valence-electron chi connectivity index (χ1n) is 6.89. The summed E-state index contributed by atoms with van der Waals surface area (Å²) in [5.74, 6) is -0.156. The molecule has 2 aromatic heterocycles. The molecule has 1 atom stereocenters. The van der Waals surface area contributed by atoms with Crippen LogP contribution in [0, 0.1) is 6.92 Å². The van der Waals surface area contributed by atoms with Crippen LogP contribution < -0.4 is 5.32 Å². The second-order valence-corrected chi connectivity index (χ2v) is 6.58. The highest BCUT2D eigenvalue weighted by Crippen LogP contribution is 2.20. The van der Waals surface area contributed by atoms with E-state index in [1.807, 2.05) is 20.0 Å². The first-order valence-corrected chi connectivity index (χ1v) is 8.08. The van der Waals surface area contributed by atoms with Gasteiger partial charge in [-0.05, 0) is 32.4 Å². The Morgan fingerprint density at radius 1 is 1.48 bits per heavy atom. The molecule has 0 bridgehead atoms. The number of aromatic nitrogens is 2. The number of amides is 1. The van der Waals surface area contributed by atoms with Crippen LogP contribution in [0.1, 0.15) is 52.2 Å². The van der Waals surface area contributed by atoms with Crippen molar-refractivity contribution < 1.29 is 4.79 Å². The molecule has 0 saturated heterocycles. The molecule has 0 fully saturated rings. The molecule has 112 valence electrons. The first kappa shape index (κ1) is 15.9. The van der Waals surface area contributed by atoms with Crippen molar-refractivity contribution in [2.45, 2.75) is 39.7 Å². The maximum atomic E-state index is 12.3. The van der Waals surface area contributed by atoms with Gasteiger partial charge in [0, 0.05) is 22.3 Å². The van der Waals surface area contributed by atoms with Gasteiger partial charge < -0.3 is 5.32 Å². The van der Waals surface area contributed by atoms with Crippen LogP contribution >= 0.6 is 22.9 Å². The summed E-state index contributed by atoms with van der Waals surface area (Å²) in [6.07, 6.45) is 3.58. The van der Waals surface area contributed by atoms with Crippen molar-refractivity contribution in [2.24, 2.45) is 0 Å². The number of hydrogen-bond acceptors (Lipinski definition) is 4. The SMILES string of the molecule is CCCc1cc(C(=O)NC(C)c2ncc(C)s2)cc(Cl)n1. The van der Waals surface area contributed by atoms with E-state index >= 15 is 0 Å².